The fourth-order valence-electron chi connectivity index (χ4n) is 3.31. The molecule has 0 saturated heterocycles. The van der Waals surface area contributed by atoms with E-state index in [1.54, 1.807) is 24.3 Å². The predicted molar refractivity (Wildman–Crippen MR) is 105 cm³/mol. The Bertz CT molecular complexity index is 815. The molecule has 1 heterocycles. The van der Waals surface area contributed by atoms with Crippen molar-refractivity contribution in [1.82, 2.24) is 10.2 Å². The van der Waals surface area contributed by atoms with Crippen LogP contribution in [0.15, 0.2) is 54.6 Å². The Labute approximate surface area is 159 Å². The van der Waals surface area contributed by atoms with Gasteiger partial charge >= 0.3 is 0 Å². The fourth-order valence-corrected chi connectivity index (χ4v) is 3.31. The number of phenolic OH excluding ortho intramolecular Hbond substituents is 1. The van der Waals surface area contributed by atoms with Gasteiger partial charge in [0.2, 0.25) is 5.91 Å². The molecule has 142 valence electrons. The smallest absolute Gasteiger partial charge is 0.237 e. The first-order valence-corrected chi connectivity index (χ1v) is 9.22. The van der Waals surface area contributed by atoms with Crippen LogP contribution >= 0.6 is 0 Å². The number of hydrogen-bond acceptors (Lipinski definition) is 3. The number of halogens is 1. The van der Waals surface area contributed by atoms with Crippen LogP contribution in [0.2, 0.25) is 0 Å². The van der Waals surface area contributed by atoms with Gasteiger partial charge in [0.1, 0.15) is 11.6 Å². The van der Waals surface area contributed by atoms with Crippen molar-refractivity contribution in [3.8, 4) is 5.75 Å². The van der Waals surface area contributed by atoms with Crippen molar-refractivity contribution in [2.45, 2.75) is 32.4 Å². The van der Waals surface area contributed by atoms with Gasteiger partial charge in [-0.1, -0.05) is 30.3 Å². The minimum absolute atomic E-state index is 0.0340. The first kappa shape index (κ1) is 19.1. The minimum atomic E-state index is -0.282. The molecule has 0 spiro atoms. The first-order chi connectivity index (χ1) is 12.9. The van der Waals surface area contributed by atoms with E-state index in [-0.39, 0.29) is 29.6 Å². The van der Waals surface area contributed by atoms with Crippen molar-refractivity contribution >= 4 is 11.5 Å². The lowest BCUT2D eigenvalue weighted by Gasteiger charge is -2.32. The number of rotatable bonds is 5. The Morgan fingerprint density at radius 1 is 1.11 bits per heavy atom. The lowest BCUT2D eigenvalue weighted by atomic mass is 9.98. The normalized spacial score (nSPS) is 17.1. The maximum atomic E-state index is 13.0. The average Bonchev–Trinajstić information content (AvgIpc) is 2.68. The second-order valence-electron chi connectivity index (χ2n) is 6.98. The Balaban J connectivity index is 1.57. The molecular weight excluding hydrogens is 343 g/mol. The molecule has 2 unspecified atom stereocenters. The number of aromatic hydroxyl groups is 1. The van der Waals surface area contributed by atoms with Gasteiger partial charge in [0.05, 0.1) is 12.1 Å². The van der Waals surface area contributed by atoms with Crippen LogP contribution in [0.3, 0.4) is 0 Å². The van der Waals surface area contributed by atoms with E-state index in [4.69, 9.17) is 0 Å². The highest BCUT2D eigenvalue weighted by Crippen LogP contribution is 2.25. The van der Waals surface area contributed by atoms with Crippen LogP contribution < -0.4 is 5.32 Å². The zero-order valence-corrected chi connectivity index (χ0v) is 15.7. The highest BCUT2D eigenvalue weighted by atomic mass is 19.1. The van der Waals surface area contributed by atoms with Crippen LogP contribution in [0.5, 0.6) is 5.75 Å². The van der Waals surface area contributed by atoms with Crippen molar-refractivity contribution in [2.75, 3.05) is 13.1 Å². The van der Waals surface area contributed by atoms with Crippen LogP contribution in [0.25, 0.3) is 5.57 Å². The molecule has 2 atom stereocenters. The molecule has 0 fully saturated rings. The van der Waals surface area contributed by atoms with Crippen LogP contribution in [-0.2, 0) is 4.79 Å². The number of benzene rings is 2. The van der Waals surface area contributed by atoms with Crippen LogP contribution in [0.1, 0.15) is 37.4 Å². The summed E-state index contributed by atoms with van der Waals surface area (Å²) < 4.78 is 13.0. The number of hydrogen-bond donors (Lipinski definition) is 2. The molecule has 3 rings (SSSR count). The minimum Gasteiger partial charge on any atom is -0.508 e. The summed E-state index contributed by atoms with van der Waals surface area (Å²) >= 11 is 0. The molecule has 0 aliphatic carbocycles. The standard InChI is InChI=1S/C22H25FN2O2/c1-15(17-3-7-20(23)8-4-17)24-22(27)16(2)25-13-11-19(12-14-25)18-5-9-21(26)10-6-18/h3-11,15-16,26H,12-14H2,1-2H3,(H,24,27). The largest absolute Gasteiger partial charge is 0.508 e. The summed E-state index contributed by atoms with van der Waals surface area (Å²) in [4.78, 5) is 14.7. The summed E-state index contributed by atoms with van der Waals surface area (Å²) in [7, 11) is 0. The molecule has 1 aliphatic heterocycles. The lowest BCUT2D eigenvalue weighted by Crippen LogP contribution is -2.47. The molecule has 0 bridgehead atoms. The molecule has 2 N–H and O–H groups in total. The second-order valence-corrected chi connectivity index (χ2v) is 6.98. The summed E-state index contributed by atoms with van der Waals surface area (Å²) in [5.74, 6) is -0.0548. The Hall–Kier alpha value is -2.66. The quantitative estimate of drug-likeness (QED) is 0.842. The monoisotopic (exact) mass is 368 g/mol. The van der Waals surface area contributed by atoms with Gasteiger partial charge in [0, 0.05) is 13.1 Å². The third-order valence-corrected chi connectivity index (χ3v) is 5.13. The highest BCUT2D eigenvalue weighted by molar-refractivity contribution is 5.82. The lowest BCUT2D eigenvalue weighted by molar-refractivity contribution is -0.126. The summed E-state index contributed by atoms with van der Waals surface area (Å²) in [6, 6.07) is 13.0. The van der Waals surface area contributed by atoms with Gasteiger partial charge in [-0.3, -0.25) is 9.69 Å². The Kier molecular flexibility index (Phi) is 5.91. The van der Waals surface area contributed by atoms with Crippen molar-refractivity contribution in [2.24, 2.45) is 0 Å². The number of carbonyl (C=O) groups excluding carboxylic acids is 1. The number of phenols is 1. The second kappa shape index (κ2) is 8.35. The summed E-state index contributed by atoms with van der Waals surface area (Å²) in [5, 5.41) is 12.4. The first-order valence-electron chi connectivity index (χ1n) is 9.22. The molecule has 2 aromatic carbocycles. The SMILES string of the molecule is CC(NC(=O)C(C)N1CC=C(c2ccc(O)cc2)CC1)c1ccc(F)cc1. The van der Waals surface area contributed by atoms with Gasteiger partial charge in [0.15, 0.2) is 0 Å². The van der Waals surface area contributed by atoms with Crippen molar-refractivity contribution in [3.63, 3.8) is 0 Å². The molecule has 2 aromatic rings. The maximum Gasteiger partial charge on any atom is 0.237 e. The van der Waals surface area contributed by atoms with E-state index in [0.717, 1.165) is 24.1 Å². The molecule has 4 nitrogen and oxygen atoms in total. The van der Waals surface area contributed by atoms with E-state index in [9.17, 15) is 14.3 Å². The Morgan fingerprint density at radius 2 is 1.78 bits per heavy atom. The van der Waals surface area contributed by atoms with E-state index in [2.05, 4.69) is 16.3 Å². The average molecular weight is 368 g/mol. The molecule has 0 saturated carbocycles. The van der Waals surface area contributed by atoms with E-state index in [1.807, 2.05) is 26.0 Å². The van der Waals surface area contributed by atoms with Gasteiger partial charge in [-0.15, -0.1) is 0 Å². The molecule has 0 aromatic heterocycles. The molecule has 5 heteroatoms. The number of amides is 1. The molecule has 1 aliphatic rings. The number of nitrogens with one attached hydrogen (secondary N) is 1. The van der Waals surface area contributed by atoms with Crippen molar-refractivity contribution in [3.05, 3.63) is 71.6 Å². The predicted octanol–water partition coefficient (Wildman–Crippen LogP) is 3.89. The van der Waals surface area contributed by atoms with Gasteiger partial charge < -0.3 is 10.4 Å². The zero-order chi connectivity index (χ0) is 19.4. The highest BCUT2D eigenvalue weighted by Gasteiger charge is 2.24. The Morgan fingerprint density at radius 3 is 2.37 bits per heavy atom. The van der Waals surface area contributed by atoms with Gasteiger partial charge in [-0.05, 0) is 61.2 Å². The van der Waals surface area contributed by atoms with E-state index < -0.39 is 0 Å². The van der Waals surface area contributed by atoms with Gasteiger partial charge in [0.25, 0.3) is 0 Å². The van der Waals surface area contributed by atoms with Gasteiger partial charge in [-0.2, -0.15) is 0 Å². The van der Waals surface area contributed by atoms with Crippen molar-refractivity contribution in [1.29, 1.82) is 0 Å². The van der Waals surface area contributed by atoms with E-state index in [1.165, 1.54) is 17.7 Å². The molecule has 0 radical (unpaired) electrons. The fraction of sp³-hybridized carbons (Fsp3) is 0.318. The van der Waals surface area contributed by atoms with E-state index in [0.29, 0.717) is 6.54 Å². The topological polar surface area (TPSA) is 52.6 Å². The number of carbonyl (C=O) groups is 1. The number of nitrogens with zero attached hydrogens (tertiary/aromatic N) is 1. The van der Waals surface area contributed by atoms with Crippen LogP contribution in [0, 0.1) is 5.82 Å². The summed E-state index contributed by atoms with van der Waals surface area (Å²) in [6.07, 6.45) is 3.00. The van der Waals surface area contributed by atoms with Crippen LogP contribution in [-0.4, -0.2) is 35.0 Å². The van der Waals surface area contributed by atoms with Crippen molar-refractivity contribution < 1.29 is 14.3 Å². The maximum absolute atomic E-state index is 13.0. The van der Waals surface area contributed by atoms with Crippen LogP contribution in [0.4, 0.5) is 4.39 Å². The summed E-state index contributed by atoms with van der Waals surface area (Å²) in [5.41, 5.74) is 3.22. The summed E-state index contributed by atoms with van der Waals surface area (Å²) in [6.45, 7) is 5.31. The molecule has 27 heavy (non-hydrogen) atoms. The van der Waals surface area contributed by atoms with E-state index >= 15 is 0 Å². The third-order valence-electron chi connectivity index (χ3n) is 5.13. The molecule has 1 amide bonds. The third kappa shape index (κ3) is 4.74. The molecular formula is C22H25FN2O2. The van der Waals surface area contributed by atoms with Gasteiger partial charge in [-0.25, -0.2) is 4.39 Å². The zero-order valence-electron chi connectivity index (χ0n) is 15.7.